The largest absolute Gasteiger partial charge is 0.337 e. The van der Waals surface area contributed by atoms with Crippen LogP contribution >= 0.6 is 27.3 Å². The zero-order valence-corrected chi connectivity index (χ0v) is 15.2. The van der Waals surface area contributed by atoms with Crippen LogP contribution in [-0.4, -0.2) is 17.9 Å². The number of amides is 1. The minimum absolute atomic E-state index is 0.0535. The summed E-state index contributed by atoms with van der Waals surface area (Å²) < 4.78 is 1.09. The number of hydrogen-bond acceptors (Lipinski definition) is 2. The maximum Gasteiger partial charge on any atom is 0.253 e. The Labute approximate surface area is 138 Å². The van der Waals surface area contributed by atoms with Crippen molar-refractivity contribution in [1.29, 1.82) is 0 Å². The molecule has 0 atom stereocenters. The molecule has 0 aliphatic heterocycles. The van der Waals surface area contributed by atoms with Gasteiger partial charge < -0.3 is 4.90 Å². The van der Waals surface area contributed by atoms with Gasteiger partial charge in [0.15, 0.2) is 0 Å². The van der Waals surface area contributed by atoms with Gasteiger partial charge in [-0.25, -0.2) is 0 Å². The van der Waals surface area contributed by atoms with Crippen LogP contribution in [0, 0.1) is 0 Å². The number of benzene rings is 1. The van der Waals surface area contributed by atoms with Crippen molar-refractivity contribution in [2.24, 2.45) is 0 Å². The molecule has 0 aliphatic rings. The minimum atomic E-state index is 0.0535. The Morgan fingerprint density at radius 2 is 1.86 bits per heavy atom. The second-order valence-corrected chi connectivity index (χ2v) is 8.54. The van der Waals surface area contributed by atoms with E-state index in [2.05, 4.69) is 48.1 Å². The molecule has 0 aliphatic carbocycles. The van der Waals surface area contributed by atoms with Crippen LogP contribution in [0.3, 0.4) is 0 Å². The second-order valence-electron chi connectivity index (χ2n) is 6.25. The summed E-state index contributed by atoms with van der Waals surface area (Å²) in [5, 5.41) is 2.07. The Bertz CT molecular complexity index is 625. The van der Waals surface area contributed by atoms with E-state index >= 15 is 0 Å². The monoisotopic (exact) mass is 365 g/mol. The molecule has 112 valence electrons. The van der Waals surface area contributed by atoms with Crippen molar-refractivity contribution in [3.63, 3.8) is 0 Å². The van der Waals surface area contributed by atoms with E-state index in [9.17, 15) is 4.79 Å². The average Bonchev–Trinajstić information content (AvgIpc) is 2.82. The molecule has 4 heteroatoms. The molecule has 0 spiro atoms. The highest BCUT2D eigenvalue weighted by atomic mass is 79.9. The molecule has 0 unspecified atom stereocenters. The van der Waals surface area contributed by atoms with E-state index in [1.807, 2.05) is 31.3 Å². The minimum Gasteiger partial charge on any atom is -0.337 e. The lowest BCUT2D eigenvalue weighted by Crippen LogP contribution is -2.26. The maximum absolute atomic E-state index is 12.4. The highest BCUT2D eigenvalue weighted by Gasteiger charge is 2.16. The third-order valence-corrected chi connectivity index (χ3v) is 4.94. The number of carbonyl (C=O) groups excluding carboxylic acids is 1. The van der Waals surface area contributed by atoms with Crippen LogP contribution < -0.4 is 0 Å². The second kappa shape index (κ2) is 6.32. The topological polar surface area (TPSA) is 20.3 Å². The SMILES string of the molecule is CN(Cc1csc(Br)c1)C(=O)c1ccc(C(C)(C)C)cc1. The summed E-state index contributed by atoms with van der Waals surface area (Å²) in [7, 11) is 1.84. The molecular weight excluding hydrogens is 346 g/mol. The highest BCUT2D eigenvalue weighted by Crippen LogP contribution is 2.24. The van der Waals surface area contributed by atoms with Crippen LogP contribution in [0.1, 0.15) is 42.3 Å². The fourth-order valence-corrected chi connectivity index (χ4v) is 3.31. The fraction of sp³-hybridized carbons (Fsp3) is 0.353. The van der Waals surface area contributed by atoms with E-state index in [1.54, 1.807) is 16.2 Å². The summed E-state index contributed by atoms with van der Waals surface area (Å²) in [5.74, 6) is 0.0535. The van der Waals surface area contributed by atoms with Gasteiger partial charge in [0.25, 0.3) is 5.91 Å². The van der Waals surface area contributed by atoms with Gasteiger partial charge in [-0.15, -0.1) is 11.3 Å². The van der Waals surface area contributed by atoms with Crippen LogP contribution in [0.15, 0.2) is 39.5 Å². The van der Waals surface area contributed by atoms with E-state index in [-0.39, 0.29) is 11.3 Å². The Kier molecular flexibility index (Phi) is 4.89. The van der Waals surface area contributed by atoms with Gasteiger partial charge in [0.1, 0.15) is 0 Å². The van der Waals surface area contributed by atoms with Gasteiger partial charge >= 0.3 is 0 Å². The molecule has 2 nitrogen and oxygen atoms in total. The molecule has 0 saturated heterocycles. The van der Waals surface area contributed by atoms with Crippen molar-refractivity contribution in [2.45, 2.75) is 32.7 Å². The van der Waals surface area contributed by atoms with Gasteiger partial charge in [0.05, 0.1) is 3.79 Å². The molecule has 2 aromatic rings. The van der Waals surface area contributed by atoms with Crippen molar-refractivity contribution in [2.75, 3.05) is 7.05 Å². The van der Waals surface area contributed by atoms with Crippen LogP contribution in [0.5, 0.6) is 0 Å². The maximum atomic E-state index is 12.4. The molecule has 0 fully saturated rings. The summed E-state index contributed by atoms with van der Waals surface area (Å²) in [6.45, 7) is 7.14. The molecule has 0 bridgehead atoms. The normalized spacial score (nSPS) is 11.5. The number of rotatable bonds is 3. The lowest BCUT2D eigenvalue weighted by Gasteiger charge is -2.20. The van der Waals surface area contributed by atoms with Gasteiger partial charge in [0.2, 0.25) is 0 Å². The molecule has 1 amide bonds. The van der Waals surface area contributed by atoms with Crippen molar-refractivity contribution < 1.29 is 4.79 Å². The zero-order chi connectivity index (χ0) is 15.6. The first-order valence-electron chi connectivity index (χ1n) is 6.86. The third kappa shape index (κ3) is 4.17. The number of thiophene rings is 1. The van der Waals surface area contributed by atoms with Crippen molar-refractivity contribution in [1.82, 2.24) is 4.90 Å². The van der Waals surface area contributed by atoms with E-state index < -0.39 is 0 Å². The lowest BCUT2D eigenvalue weighted by molar-refractivity contribution is 0.0785. The van der Waals surface area contributed by atoms with Crippen LogP contribution in [0.2, 0.25) is 0 Å². The molecule has 1 heterocycles. The summed E-state index contributed by atoms with van der Waals surface area (Å²) in [5.41, 5.74) is 3.23. The van der Waals surface area contributed by atoms with E-state index in [4.69, 9.17) is 0 Å². The van der Waals surface area contributed by atoms with Gasteiger partial charge in [-0.2, -0.15) is 0 Å². The number of carbonyl (C=O) groups is 1. The first-order chi connectivity index (χ1) is 9.77. The lowest BCUT2D eigenvalue weighted by atomic mass is 9.86. The molecule has 1 aromatic carbocycles. The third-order valence-electron chi connectivity index (χ3n) is 3.39. The smallest absolute Gasteiger partial charge is 0.253 e. The average molecular weight is 366 g/mol. The zero-order valence-electron chi connectivity index (χ0n) is 12.8. The molecule has 0 N–H and O–H groups in total. The summed E-state index contributed by atoms with van der Waals surface area (Å²) in [4.78, 5) is 14.2. The van der Waals surface area contributed by atoms with Crippen molar-refractivity contribution in [3.05, 3.63) is 56.2 Å². The van der Waals surface area contributed by atoms with Crippen LogP contribution in [0.4, 0.5) is 0 Å². The fourth-order valence-electron chi connectivity index (χ4n) is 2.11. The first-order valence-corrected chi connectivity index (χ1v) is 8.53. The Morgan fingerprint density at radius 3 is 2.33 bits per heavy atom. The predicted octanol–water partition coefficient (Wildman–Crippen LogP) is 5.08. The summed E-state index contributed by atoms with van der Waals surface area (Å²) >= 11 is 5.08. The Morgan fingerprint density at radius 1 is 1.24 bits per heavy atom. The molecule has 0 radical (unpaired) electrons. The number of hydrogen-bond donors (Lipinski definition) is 0. The first kappa shape index (κ1) is 16.2. The van der Waals surface area contributed by atoms with Crippen LogP contribution in [-0.2, 0) is 12.0 Å². The summed E-state index contributed by atoms with van der Waals surface area (Å²) in [6.07, 6.45) is 0. The van der Waals surface area contributed by atoms with E-state index in [0.717, 1.165) is 14.9 Å². The van der Waals surface area contributed by atoms with Gasteiger partial charge in [-0.05, 0) is 56.1 Å². The highest BCUT2D eigenvalue weighted by molar-refractivity contribution is 9.11. The standard InChI is InChI=1S/C17H20BrNOS/c1-17(2,3)14-7-5-13(6-8-14)16(20)19(4)10-12-9-15(18)21-11-12/h5-9,11H,10H2,1-4H3. The quantitative estimate of drug-likeness (QED) is 0.742. The van der Waals surface area contributed by atoms with E-state index in [1.165, 1.54) is 5.56 Å². The molecule has 0 saturated carbocycles. The van der Waals surface area contributed by atoms with Gasteiger partial charge in [-0.1, -0.05) is 32.9 Å². The van der Waals surface area contributed by atoms with Crippen LogP contribution in [0.25, 0.3) is 0 Å². The Hall–Kier alpha value is -1.13. The number of nitrogens with zero attached hydrogens (tertiary/aromatic N) is 1. The van der Waals surface area contributed by atoms with Crippen molar-refractivity contribution >= 4 is 33.2 Å². The molecular formula is C17H20BrNOS. The molecule has 2 rings (SSSR count). The molecule has 21 heavy (non-hydrogen) atoms. The Balaban J connectivity index is 2.08. The van der Waals surface area contributed by atoms with Crippen molar-refractivity contribution in [3.8, 4) is 0 Å². The van der Waals surface area contributed by atoms with Gasteiger partial charge in [-0.3, -0.25) is 4.79 Å². The summed E-state index contributed by atoms with van der Waals surface area (Å²) in [6, 6.07) is 9.98. The van der Waals surface area contributed by atoms with Gasteiger partial charge in [0, 0.05) is 19.2 Å². The number of halogens is 1. The molecule has 1 aromatic heterocycles. The van der Waals surface area contributed by atoms with E-state index in [0.29, 0.717) is 6.54 Å². The predicted molar refractivity (Wildman–Crippen MR) is 93.0 cm³/mol.